The van der Waals surface area contributed by atoms with E-state index in [9.17, 15) is 9.59 Å². The summed E-state index contributed by atoms with van der Waals surface area (Å²) in [6.07, 6.45) is 0.741. The second kappa shape index (κ2) is 7.05. The molecule has 0 aliphatic carbocycles. The number of benzene rings is 1. The SMILES string of the molecule is CCOC(=O)c1cc(CC)sc1NC(=O)[C@H]1Cc2ccccc2O1. The molecule has 1 N–H and O–H groups in total. The number of carbonyl (C=O) groups is 2. The van der Waals surface area contributed by atoms with Gasteiger partial charge in [-0.2, -0.15) is 0 Å². The van der Waals surface area contributed by atoms with E-state index in [1.54, 1.807) is 13.0 Å². The van der Waals surface area contributed by atoms with E-state index in [2.05, 4.69) is 5.32 Å². The lowest BCUT2D eigenvalue weighted by atomic mass is 10.1. The molecule has 1 aromatic carbocycles. The fourth-order valence-corrected chi connectivity index (χ4v) is 3.58. The molecule has 0 unspecified atom stereocenters. The Hall–Kier alpha value is -2.34. The van der Waals surface area contributed by atoms with Crippen LogP contribution in [0.25, 0.3) is 0 Å². The smallest absolute Gasteiger partial charge is 0.341 e. The normalized spacial score (nSPS) is 15.5. The maximum Gasteiger partial charge on any atom is 0.341 e. The predicted octanol–water partition coefficient (Wildman–Crippen LogP) is 3.43. The number of esters is 1. The van der Waals surface area contributed by atoms with E-state index in [0.29, 0.717) is 23.6 Å². The molecule has 1 atom stereocenters. The summed E-state index contributed by atoms with van der Waals surface area (Å²) in [6, 6.07) is 9.39. The summed E-state index contributed by atoms with van der Waals surface area (Å²) in [5.41, 5.74) is 1.42. The summed E-state index contributed by atoms with van der Waals surface area (Å²) < 4.78 is 10.8. The van der Waals surface area contributed by atoms with Crippen LogP contribution in [0.5, 0.6) is 5.75 Å². The van der Waals surface area contributed by atoms with E-state index in [-0.39, 0.29) is 5.91 Å². The number of nitrogens with one attached hydrogen (secondary N) is 1. The van der Waals surface area contributed by atoms with Gasteiger partial charge in [0.15, 0.2) is 6.10 Å². The minimum Gasteiger partial charge on any atom is -0.480 e. The molecule has 1 aliphatic rings. The van der Waals surface area contributed by atoms with Gasteiger partial charge in [0, 0.05) is 11.3 Å². The van der Waals surface area contributed by atoms with Crippen LogP contribution >= 0.6 is 11.3 Å². The Morgan fingerprint density at radius 3 is 2.83 bits per heavy atom. The molecular weight excluding hydrogens is 326 g/mol. The molecule has 0 spiro atoms. The predicted molar refractivity (Wildman–Crippen MR) is 92.8 cm³/mol. The topological polar surface area (TPSA) is 64.6 Å². The van der Waals surface area contributed by atoms with Crippen LogP contribution in [0.15, 0.2) is 30.3 Å². The Labute approximate surface area is 144 Å². The maximum absolute atomic E-state index is 12.5. The van der Waals surface area contributed by atoms with Crippen LogP contribution in [0.3, 0.4) is 0 Å². The van der Waals surface area contributed by atoms with Crippen LogP contribution in [0, 0.1) is 0 Å². The van der Waals surface area contributed by atoms with Crippen LogP contribution in [0.4, 0.5) is 5.00 Å². The molecule has 0 radical (unpaired) electrons. The average molecular weight is 345 g/mol. The molecule has 1 aliphatic heterocycles. The molecule has 0 bridgehead atoms. The summed E-state index contributed by atoms with van der Waals surface area (Å²) in [6.45, 7) is 4.06. The van der Waals surface area contributed by atoms with E-state index in [0.717, 1.165) is 22.6 Å². The highest BCUT2D eigenvalue weighted by Gasteiger charge is 2.30. The summed E-state index contributed by atoms with van der Waals surface area (Å²) in [5, 5.41) is 3.36. The molecule has 0 fully saturated rings. The lowest BCUT2D eigenvalue weighted by Crippen LogP contribution is -2.31. The second-order valence-electron chi connectivity index (χ2n) is 5.44. The largest absolute Gasteiger partial charge is 0.480 e. The third-order valence-electron chi connectivity index (χ3n) is 3.80. The molecule has 5 nitrogen and oxygen atoms in total. The van der Waals surface area contributed by atoms with Gasteiger partial charge >= 0.3 is 5.97 Å². The second-order valence-corrected chi connectivity index (χ2v) is 6.57. The lowest BCUT2D eigenvalue weighted by molar-refractivity contribution is -0.122. The summed E-state index contributed by atoms with van der Waals surface area (Å²) in [4.78, 5) is 25.6. The van der Waals surface area contributed by atoms with Gasteiger partial charge in [0.05, 0.1) is 12.2 Å². The van der Waals surface area contributed by atoms with Gasteiger partial charge in [0.1, 0.15) is 10.8 Å². The number of hydrogen-bond donors (Lipinski definition) is 1. The first-order valence-corrected chi connectivity index (χ1v) is 8.79. The molecule has 2 heterocycles. The zero-order valence-electron chi connectivity index (χ0n) is 13.6. The number of fused-ring (bicyclic) bond motifs is 1. The molecule has 0 saturated heterocycles. The minimum absolute atomic E-state index is 0.249. The van der Waals surface area contributed by atoms with Gasteiger partial charge in [-0.3, -0.25) is 4.79 Å². The van der Waals surface area contributed by atoms with Crippen molar-refractivity contribution < 1.29 is 19.1 Å². The fourth-order valence-electron chi connectivity index (χ4n) is 2.59. The van der Waals surface area contributed by atoms with Gasteiger partial charge in [0.25, 0.3) is 5.91 Å². The Balaban J connectivity index is 1.75. The maximum atomic E-state index is 12.5. The first-order chi connectivity index (χ1) is 11.6. The number of anilines is 1. The number of thiophene rings is 1. The fraction of sp³-hybridized carbons (Fsp3) is 0.333. The number of aryl methyl sites for hydroxylation is 1. The van der Waals surface area contributed by atoms with Gasteiger partial charge in [-0.15, -0.1) is 11.3 Å². The van der Waals surface area contributed by atoms with Gasteiger partial charge in [-0.25, -0.2) is 4.79 Å². The highest BCUT2D eigenvalue weighted by atomic mass is 32.1. The number of carbonyl (C=O) groups excluding carboxylic acids is 2. The van der Waals surface area contributed by atoms with Crippen LogP contribution < -0.4 is 10.1 Å². The zero-order chi connectivity index (χ0) is 17.1. The Bertz CT molecular complexity index is 743. The van der Waals surface area contributed by atoms with Crippen molar-refractivity contribution in [2.75, 3.05) is 11.9 Å². The number of rotatable bonds is 5. The molecule has 3 rings (SSSR count). The molecule has 1 aromatic heterocycles. The molecule has 126 valence electrons. The van der Waals surface area contributed by atoms with E-state index in [1.165, 1.54) is 11.3 Å². The average Bonchev–Trinajstić information content (AvgIpc) is 3.18. The quantitative estimate of drug-likeness (QED) is 0.843. The van der Waals surface area contributed by atoms with Crippen molar-refractivity contribution in [1.82, 2.24) is 0 Å². The molecule has 6 heteroatoms. The third kappa shape index (κ3) is 3.28. The minimum atomic E-state index is -0.579. The number of amides is 1. The highest BCUT2D eigenvalue weighted by Crippen LogP contribution is 2.32. The Morgan fingerprint density at radius 2 is 2.12 bits per heavy atom. The summed E-state index contributed by atoms with van der Waals surface area (Å²) in [5.74, 6) is 0.0734. The van der Waals surface area contributed by atoms with Crippen LogP contribution in [0.1, 0.15) is 34.6 Å². The van der Waals surface area contributed by atoms with Crippen molar-refractivity contribution >= 4 is 28.2 Å². The van der Waals surface area contributed by atoms with Crippen molar-refractivity contribution in [2.24, 2.45) is 0 Å². The van der Waals surface area contributed by atoms with Crippen molar-refractivity contribution in [3.05, 3.63) is 46.3 Å². The standard InChI is InChI=1S/C18H19NO4S/c1-3-12-10-13(18(21)22-4-2)17(24-12)19-16(20)15-9-11-7-5-6-8-14(11)23-15/h5-8,10,15H,3-4,9H2,1-2H3,(H,19,20)/t15-/m1/s1. The molecule has 2 aromatic rings. The Morgan fingerprint density at radius 1 is 1.33 bits per heavy atom. The monoisotopic (exact) mass is 345 g/mol. The third-order valence-corrected chi connectivity index (χ3v) is 5.00. The van der Waals surface area contributed by atoms with Gasteiger partial charge < -0.3 is 14.8 Å². The van der Waals surface area contributed by atoms with Crippen LogP contribution in [-0.2, 0) is 22.4 Å². The molecule has 1 amide bonds. The van der Waals surface area contributed by atoms with E-state index < -0.39 is 12.1 Å². The number of para-hydroxylation sites is 1. The first-order valence-electron chi connectivity index (χ1n) is 7.97. The van der Waals surface area contributed by atoms with E-state index in [4.69, 9.17) is 9.47 Å². The molecular formula is C18H19NO4S. The number of hydrogen-bond acceptors (Lipinski definition) is 5. The lowest BCUT2D eigenvalue weighted by Gasteiger charge is -2.11. The van der Waals surface area contributed by atoms with Crippen molar-refractivity contribution in [2.45, 2.75) is 32.8 Å². The van der Waals surface area contributed by atoms with Crippen molar-refractivity contribution in [3.8, 4) is 5.75 Å². The van der Waals surface area contributed by atoms with Gasteiger partial charge in [-0.05, 0) is 31.0 Å². The first kappa shape index (κ1) is 16.5. The Kier molecular flexibility index (Phi) is 4.85. The van der Waals surface area contributed by atoms with Crippen molar-refractivity contribution in [1.29, 1.82) is 0 Å². The summed E-state index contributed by atoms with van der Waals surface area (Å²) >= 11 is 1.40. The summed E-state index contributed by atoms with van der Waals surface area (Å²) in [7, 11) is 0. The van der Waals surface area contributed by atoms with Crippen molar-refractivity contribution in [3.63, 3.8) is 0 Å². The van der Waals surface area contributed by atoms with E-state index >= 15 is 0 Å². The van der Waals surface area contributed by atoms with E-state index in [1.807, 2.05) is 31.2 Å². The van der Waals surface area contributed by atoms with Crippen LogP contribution in [0.2, 0.25) is 0 Å². The molecule has 0 saturated carbocycles. The van der Waals surface area contributed by atoms with Gasteiger partial charge in [0.2, 0.25) is 0 Å². The van der Waals surface area contributed by atoms with Crippen LogP contribution in [-0.4, -0.2) is 24.6 Å². The zero-order valence-corrected chi connectivity index (χ0v) is 14.4. The highest BCUT2D eigenvalue weighted by molar-refractivity contribution is 7.16. The van der Waals surface area contributed by atoms with Gasteiger partial charge in [-0.1, -0.05) is 25.1 Å². The molecule has 24 heavy (non-hydrogen) atoms. The number of ether oxygens (including phenoxy) is 2.